The van der Waals surface area contributed by atoms with Gasteiger partial charge in [-0.2, -0.15) is 0 Å². The minimum Gasteiger partial charge on any atom is -0.461 e. The fourth-order valence-corrected chi connectivity index (χ4v) is 3.19. The molecule has 2 aromatic rings. The Hall–Kier alpha value is -2.00. The summed E-state index contributed by atoms with van der Waals surface area (Å²) >= 11 is 1.00. The Labute approximate surface area is 119 Å². The molecule has 2 heterocycles. The van der Waals surface area contributed by atoms with Gasteiger partial charge in [0.25, 0.3) is 10.0 Å². The normalized spacial score (nSPS) is 11.1. The molecule has 0 radical (unpaired) electrons. The Balaban J connectivity index is 2.17. The van der Waals surface area contributed by atoms with Crippen LogP contribution in [0.15, 0.2) is 34.8 Å². The number of nitrogens with one attached hydrogen (secondary N) is 1. The number of hydrogen-bond donors (Lipinski definition) is 1. The van der Waals surface area contributed by atoms with Gasteiger partial charge in [-0.05, 0) is 19.1 Å². The third kappa shape index (κ3) is 3.31. The molecule has 0 aliphatic heterocycles. The van der Waals surface area contributed by atoms with Gasteiger partial charge >= 0.3 is 5.97 Å². The van der Waals surface area contributed by atoms with E-state index in [1.54, 1.807) is 6.92 Å². The smallest absolute Gasteiger partial charge is 0.357 e. The second-order valence-electron chi connectivity index (χ2n) is 3.55. The van der Waals surface area contributed by atoms with Gasteiger partial charge in [-0.25, -0.2) is 18.2 Å². The number of ether oxygens (including phenoxy) is 1. The fourth-order valence-electron chi connectivity index (χ4n) is 1.30. The van der Waals surface area contributed by atoms with E-state index in [0.29, 0.717) is 0 Å². The molecule has 0 aliphatic carbocycles. The summed E-state index contributed by atoms with van der Waals surface area (Å²) in [6.07, 6.45) is 2.70. The van der Waals surface area contributed by atoms with E-state index in [1.165, 1.54) is 29.9 Å². The van der Waals surface area contributed by atoms with E-state index < -0.39 is 16.0 Å². The zero-order valence-electron chi connectivity index (χ0n) is 10.4. The van der Waals surface area contributed by atoms with Crippen molar-refractivity contribution in [3.05, 3.63) is 35.6 Å². The van der Waals surface area contributed by atoms with E-state index in [-0.39, 0.29) is 22.3 Å². The molecule has 7 nitrogen and oxygen atoms in total. The van der Waals surface area contributed by atoms with Crippen molar-refractivity contribution in [2.75, 3.05) is 11.3 Å². The largest absolute Gasteiger partial charge is 0.461 e. The lowest BCUT2D eigenvalue weighted by molar-refractivity contribution is 0.0520. The highest BCUT2D eigenvalue weighted by atomic mass is 32.2. The first-order chi connectivity index (χ1) is 9.53. The second-order valence-corrected chi connectivity index (χ2v) is 6.09. The van der Waals surface area contributed by atoms with Crippen molar-refractivity contribution in [1.29, 1.82) is 0 Å². The van der Waals surface area contributed by atoms with Gasteiger partial charge in [0.05, 0.1) is 6.61 Å². The lowest BCUT2D eigenvalue weighted by Crippen LogP contribution is -2.13. The Morgan fingerprint density at radius 3 is 2.95 bits per heavy atom. The van der Waals surface area contributed by atoms with E-state index in [9.17, 15) is 13.2 Å². The number of aromatic nitrogens is 2. The molecular weight excluding hydrogens is 302 g/mol. The molecule has 0 fully saturated rings. The van der Waals surface area contributed by atoms with Crippen LogP contribution >= 0.6 is 11.3 Å². The average Bonchev–Trinajstić information content (AvgIpc) is 2.88. The molecule has 0 bridgehead atoms. The molecule has 2 aromatic heterocycles. The first-order valence-corrected chi connectivity index (χ1v) is 7.94. The standard InChI is InChI=1S/C11H11N3O4S2/c1-2-18-10(15)9-7-19-11(13-9)14-20(16,17)8-4-3-5-12-6-8/h3-7H,2H2,1H3,(H,13,14). The van der Waals surface area contributed by atoms with Gasteiger partial charge < -0.3 is 4.74 Å². The number of anilines is 1. The number of thiazole rings is 1. The van der Waals surface area contributed by atoms with Crippen molar-refractivity contribution in [1.82, 2.24) is 9.97 Å². The van der Waals surface area contributed by atoms with Crippen molar-refractivity contribution >= 4 is 32.5 Å². The molecule has 20 heavy (non-hydrogen) atoms. The summed E-state index contributed by atoms with van der Waals surface area (Å²) < 4.78 is 31.1. The molecule has 0 aliphatic rings. The van der Waals surface area contributed by atoms with Gasteiger partial charge in [-0.15, -0.1) is 11.3 Å². The number of pyridine rings is 1. The van der Waals surface area contributed by atoms with Crippen LogP contribution in [0, 0.1) is 0 Å². The van der Waals surface area contributed by atoms with Crippen LogP contribution in [0.1, 0.15) is 17.4 Å². The predicted molar refractivity (Wildman–Crippen MR) is 73.1 cm³/mol. The maximum atomic E-state index is 12.0. The molecule has 2 rings (SSSR count). The molecule has 9 heteroatoms. The van der Waals surface area contributed by atoms with Gasteiger partial charge in [0, 0.05) is 17.8 Å². The number of hydrogen-bond acceptors (Lipinski definition) is 7. The minimum atomic E-state index is -3.75. The number of rotatable bonds is 5. The maximum absolute atomic E-state index is 12.0. The quantitative estimate of drug-likeness (QED) is 0.840. The van der Waals surface area contributed by atoms with E-state index >= 15 is 0 Å². The second kappa shape index (κ2) is 5.97. The van der Waals surface area contributed by atoms with Crippen LogP contribution in [0.2, 0.25) is 0 Å². The number of sulfonamides is 1. The van der Waals surface area contributed by atoms with Gasteiger partial charge in [-0.1, -0.05) is 0 Å². The van der Waals surface area contributed by atoms with Gasteiger partial charge in [0.1, 0.15) is 4.90 Å². The molecular formula is C11H11N3O4S2. The summed E-state index contributed by atoms with van der Waals surface area (Å²) in [6.45, 7) is 1.91. The van der Waals surface area contributed by atoms with Crippen LogP contribution in [-0.4, -0.2) is 31.0 Å². The maximum Gasteiger partial charge on any atom is 0.357 e. The van der Waals surface area contributed by atoms with Crippen molar-refractivity contribution in [2.24, 2.45) is 0 Å². The minimum absolute atomic E-state index is 0.0212. The average molecular weight is 313 g/mol. The highest BCUT2D eigenvalue weighted by molar-refractivity contribution is 7.93. The molecule has 1 N–H and O–H groups in total. The van der Waals surface area contributed by atoms with Crippen LogP contribution in [0.3, 0.4) is 0 Å². The summed E-state index contributed by atoms with van der Waals surface area (Å²) in [7, 11) is -3.75. The Morgan fingerprint density at radius 1 is 1.50 bits per heavy atom. The molecule has 0 unspecified atom stereocenters. The van der Waals surface area contributed by atoms with Crippen LogP contribution in [-0.2, 0) is 14.8 Å². The first kappa shape index (κ1) is 14.4. The summed E-state index contributed by atoms with van der Waals surface area (Å²) in [5, 5.41) is 1.52. The lowest BCUT2D eigenvalue weighted by atomic mass is 10.5. The zero-order chi connectivity index (χ0) is 14.6. The number of carbonyl (C=O) groups excluding carboxylic acids is 1. The van der Waals surface area contributed by atoms with Crippen molar-refractivity contribution in [3.8, 4) is 0 Å². The van der Waals surface area contributed by atoms with Crippen molar-refractivity contribution in [2.45, 2.75) is 11.8 Å². The van der Waals surface area contributed by atoms with Crippen molar-refractivity contribution < 1.29 is 17.9 Å². The van der Waals surface area contributed by atoms with E-state index in [2.05, 4.69) is 14.7 Å². The van der Waals surface area contributed by atoms with Gasteiger partial charge in [-0.3, -0.25) is 9.71 Å². The van der Waals surface area contributed by atoms with Crippen LogP contribution in [0.25, 0.3) is 0 Å². The zero-order valence-corrected chi connectivity index (χ0v) is 12.1. The fraction of sp³-hybridized carbons (Fsp3) is 0.182. The third-order valence-corrected chi connectivity index (χ3v) is 4.37. The van der Waals surface area contributed by atoms with Crippen molar-refractivity contribution in [3.63, 3.8) is 0 Å². The lowest BCUT2D eigenvalue weighted by Gasteiger charge is -2.03. The summed E-state index contributed by atoms with van der Waals surface area (Å²) in [5.74, 6) is -0.587. The molecule has 0 atom stereocenters. The molecule has 0 amide bonds. The van der Waals surface area contributed by atoms with Crippen LogP contribution < -0.4 is 4.72 Å². The highest BCUT2D eigenvalue weighted by Crippen LogP contribution is 2.20. The van der Waals surface area contributed by atoms with Crippen LogP contribution in [0.5, 0.6) is 0 Å². The van der Waals surface area contributed by atoms with E-state index in [0.717, 1.165) is 11.3 Å². The third-order valence-electron chi connectivity index (χ3n) is 2.16. The highest BCUT2D eigenvalue weighted by Gasteiger charge is 2.18. The molecule has 106 valence electrons. The van der Waals surface area contributed by atoms with E-state index in [1.807, 2.05) is 0 Å². The molecule has 0 aromatic carbocycles. The Kier molecular flexibility index (Phi) is 4.30. The summed E-state index contributed by atoms with van der Waals surface area (Å²) in [6, 6.07) is 2.93. The summed E-state index contributed by atoms with van der Waals surface area (Å²) in [4.78, 5) is 19.1. The Bertz CT molecular complexity index is 697. The Morgan fingerprint density at radius 2 is 2.30 bits per heavy atom. The van der Waals surface area contributed by atoms with Gasteiger partial charge in [0.2, 0.25) is 0 Å². The number of nitrogens with zero attached hydrogens (tertiary/aromatic N) is 2. The van der Waals surface area contributed by atoms with Gasteiger partial charge in [0.15, 0.2) is 10.8 Å². The predicted octanol–water partition coefficient (Wildman–Crippen LogP) is 1.52. The molecule has 0 saturated heterocycles. The van der Waals surface area contributed by atoms with Crippen LogP contribution in [0.4, 0.5) is 5.13 Å². The first-order valence-electron chi connectivity index (χ1n) is 5.58. The summed E-state index contributed by atoms with van der Waals surface area (Å²) in [5.41, 5.74) is 0.0701. The number of carbonyl (C=O) groups is 1. The number of esters is 1. The van der Waals surface area contributed by atoms with E-state index in [4.69, 9.17) is 4.74 Å². The monoisotopic (exact) mass is 313 g/mol. The SMILES string of the molecule is CCOC(=O)c1csc(NS(=O)(=O)c2cccnc2)n1. The molecule has 0 saturated carbocycles. The molecule has 0 spiro atoms. The topological polar surface area (TPSA) is 98.2 Å².